The number of carbonyl (C=O) groups excluding carboxylic acids is 1. The average molecular weight is 260 g/mol. The van der Waals surface area contributed by atoms with Gasteiger partial charge in [-0.25, -0.2) is 9.59 Å². The largest absolute Gasteiger partial charge is 0.508 e. The van der Waals surface area contributed by atoms with Gasteiger partial charge in [-0.15, -0.1) is 0 Å². The number of phenolic OH excluding ortho intramolecular Hbond substituents is 1. The maximum absolute atomic E-state index is 10.5. The van der Waals surface area contributed by atoms with Gasteiger partial charge in [0.1, 0.15) is 11.5 Å². The van der Waals surface area contributed by atoms with E-state index in [0.29, 0.717) is 5.75 Å². The van der Waals surface area contributed by atoms with E-state index in [1.807, 2.05) is 6.07 Å². The van der Waals surface area contributed by atoms with E-state index in [1.54, 1.807) is 42.5 Å². The molecular weight excluding hydrogens is 248 g/mol. The summed E-state index contributed by atoms with van der Waals surface area (Å²) in [5.74, 6) is -2.33. The molecule has 0 fully saturated rings. The van der Waals surface area contributed by atoms with Crippen LogP contribution in [0.3, 0.4) is 0 Å². The Bertz CT molecular complexity index is 522. The van der Waals surface area contributed by atoms with Gasteiger partial charge < -0.3 is 14.9 Å². The molecule has 0 radical (unpaired) electrons. The fraction of sp³-hybridized carbons (Fsp3) is 0. The number of carbonyl (C=O) groups is 2. The molecule has 0 aliphatic rings. The van der Waals surface area contributed by atoms with Crippen LogP contribution in [0.5, 0.6) is 11.5 Å². The lowest BCUT2D eigenvalue weighted by atomic mass is 10.3. The number of carboxylic acids is 1. The van der Waals surface area contributed by atoms with Gasteiger partial charge in [-0.3, -0.25) is 0 Å². The summed E-state index contributed by atoms with van der Waals surface area (Å²) in [5, 5.41) is 16.8. The van der Waals surface area contributed by atoms with Crippen molar-refractivity contribution in [1.82, 2.24) is 0 Å². The molecule has 2 aromatic carbocycles. The fourth-order valence-electron chi connectivity index (χ4n) is 1.07. The van der Waals surface area contributed by atoms with Crippen LogP contribution in [0.1, 0.15) is 0 Å². The van der Waals surface area contributed by atoms with Crippen LogP contribution < -0.4 is 4.74 Å². The van der Waals surface area contributed by atoms with Crippen molar-refractivity contribution in [2.24, 2.45) is 0 Å². The molecule has 0 amide bonds. The van der Waals surface area contributed by atoms with E-state index < -0.39 is 11.9 Å². The van der Waals surface area contributed by atoms with E-state index >= 15 is 0 Å². The molecular formula is C14H12O5. The summed E-state index contributed by atoms with van der Waals surface area (Å²) in [6.45, 7) is 0. The molecule has 0 heterocycles. The van der Waals surface area contributed by atoms with E-state index in [0.717, 1.165) is 0 Å². The van der Waals surface area contributed by atoms with Crippen LogP contribution in [-0.2, 0) is 9.59 Å². The van der Waals surface area contributed by atoms with Gasteiger partial charge in [0.15, 0.2) is 0 Å². The molecule has 0 saturated carbocycles. The summed E-state index contributed by atoms with van der Waals surface area (Å²) in [6.07, 6.45) is 0. The maximum Gasteiger partial charge on any atom is 0.422 e. The number of rotatable bonds is 1. The predicted molar refractivity (Wildman–Crippen MR) is 67.8 cm³/mol. The van der Waals surface area contributed by atoms with Gasteiger partial charge >= 0.3 is 11.9 Å². The minimum absolute atomic E-state index is 0.227. The van der Waals surface area contributed by atoms with E-state index in [2.05, 4.69) is 4.74 Å². The van der Waals surface area contributed by atoms with Gasteiger partial charge in [-0.1, -0.05) is 36.4 Å². The third kappa shape index (κ3) is 5.88. The Kier molecular flexibility index (Phi) is 5.62. The number of esters is 1. The molecule has 2 N–H and O–H groups in total. The van der Waals surface area contributed by atoms with Crippen LogP contribution in [0, 0.1) is 0 Å². The van der Waals surface area contributed by atoms with Crippen molar-refractivity contribution in [1.29, 1.82) is 0 Å². The van der Waals surface area contributed by atoms with Crippen molar-refractivity contribution in [2.75, 3.05) is 0 Å². The maximum atomic E-state index is 10.5. The van der Waals surface area contributed by atoms with E-state index in [-0.39, 0.29) is 5.75 Å². The predicted octanol–water partition coefficient (Wildman–Crippen LogP) is 2.07. The second-order valence-corrected chi connectivity index (χ2v) is 3.34. The van der Waals surface area contributed by atoms with Crippen molar-refractivity contribution >= 4 is 11.9 Å². The zero-order valence-electron chi connectivity index (χ0n) is 9.89. The molecule has 0 spiro atoms. The monoisotopic (exact) mass is 260 g/mol. The van der Waals surface area contributed by atoms with E-state index in [9.17, 15) is 9.59 Å². The first-order valence-corrected chi connectivity index (χ1v) is 5.34. The topological polar surface area (TPSA) is 83.8 Å². The third-order valence-electron chi connectivity index (χ3n) is 1.88. The highest BCUT2D eigenvalue weighted by atomic mass is 16.6. The number of aromatic hydroxyl groups is 1. The van der Waals surface area contributed by atoms with E-state index in [4.69, 9.17) is 10.2 Å². The molecule has 0 aliphatic heterocycles. The highest BCUT2D eigenvalue weighted by molar-refractivity contribution is 6.29. The Balaban J connectivity index is 0.000000218. The Labute approximate surface area is 109 Å². The van der Waals surface area contributed by atoms with Crippen molar-refractivity contribution in [3.05, 3.63) is 60.7 Å². The van der Waals surface area contributed by atoms with Crippen LogP contribution in [0.2, 0.25) is 0 Å². The quantitative estimate of drug-likeness (QED) is 0.466. The normalized spacial score (nSPS) is 8.84. The molecule has 0 unspecified atom stereocenters. The highest BCUT2D eigenvalue weighted by Crippen LogP contribution is 2.07. The van der Waals surface area contributed by atoms with Crippen LogP contribution in [0.4, 0.5) is 0 Å². The zero-order valence-corrected chi connectivity index (χ0v) is 9.89. The summed E-state index contributed by atoms with van der Waals surface area (Å²) < 4.78 is 4.44. The molecule has 0 aliphatic carbocycles. The number of phenols is 1. The summed E-state index contributed by atoms with van der Waals surface area (Å²) in [6, 6.07) is 16.7. The fourth-order valence-corrected chi connectivity index (χ4v) is 1.07. The first-order chi connectivity index (χ1) is 9.09. The average Bonchev–Trinajstić information content (AvgIpc) is 2.41. The van der Waals surface area contributed by atoms with Gasteiger partial charge in [-0.2, -0.15) is 0 Å². The number of hydrogen-bond donors (Lipinski definition) is 2. The van der Waals surface area contributed by atoms with E-state index in [1.165, 1.54) is 12.1 Å². The van der Waals surface area contributed by atoms with Gasteiger partial charge in [0.25, 0.3) is 0 Å². The van der Waals surface area contributed by atoms with Crippen molar-refractivity contribution in [2.45, 2.75) is 0 Å². The van der Waals surface area contributed by atoms with Gasteiger partial charge in [0, 0.05) is 0 Å². The highest BCUT2D eigenvalue weighted by Gasteiger charge is 2.13. The van der Waals surface area contributed by atoms with Gasteiger partial charge in [0.05, 0.1) is 0 Å². The van der Waals surface area contributed by atoms with Gasteiger partial charge in [0.2, 0.25) is 0 Å². The van der Waals surface area contributed by atoms with Crippen LogP contribution >= 0.6 is 0 Å². The number of benzene rings is 2. The molecule has 2 aromatic rings. The summed E-state index contributed by atoms with van der Waals surface area (Å²) in [4.78, 5) is 20.5. The lowest BCUT2D eigenvalue weighted by molar-refractivity contribution is -0.158. The lowest BCUT2D eigenvalue weighted by Gasteiger charge is -1.98. The molecule has 0 atom stereocenters. The first-order valence-electron chi connectivity index (χ1n) is 5.34. The smallest absolute Gasteiger partial charge is 0.422 e. The number of aliphatic carboxylic acids is 1. The minimum atomic E-state index is -1.60. The summed E-state index contributed by atoms with van der Waals surface area (Å²) >= 11 is 0. The lowest BCUT2D eigenvalue weighted by Crippen LogP contribution is -2.19. The zero-order chi connectivity index (χ0) is 14.1. The van der Waals surface area contributed by atoms with Crippen molar-refractivity contribution in [3.8, 4) is 11.5 Å². The molecule has 2 rings (SSSR count). The summed E-state index contributed by atoms with van der Waals surface area (Å²) in [5.41, 5.74) is 0. The van der Waals surface area contributed by atoms with Crippen molar-refractivity contribution in [3.63, 3.8) is 0 Å². The van der Waals surface area contributed by atoms with Crippen LogP contribution in [0.15, 0.2) is 60.7 Å². The molecule has 98 valence electrons. The minimum Gasteiger partial charge on any atom is -0.508 e. The standard InChI is InChI=1S/C8H6O4.C6H6O/c9-7(10)8(11)12-6-4-2-1-3-5-6;7-6-4-2-1-3-5-6/h1-5H,(H,9,10);1-5,7H. The molecule has 5 heteroatoms. The first kappa shape index (κ1) is 14.2. The third-order valence-corrected chi connectivity index (χ3v) is 1.88. The second-order valence-electron chi connectivity index (χ2n) is 3.34. The number of hydrogen-bond acceptors (Lipinski definition) is 4. The number of carboxylic acid groups (broad SMARTS) is 1. The second kappa shape index (κ2) is 7.50. The SMILES string of the molecule is O=C(O)C(=O)Oc1ccccc1.Oc1ccccc1. The summed E-state index contributed by atoms with van der Waals surface area (Å²) in [7, 11) is 0. The molecule has 0 aromatic heterocycles. The molecule has 0 saturated heterocycles. The Morgan fingerprint density at radius 3 is 1.68 bits per heavy atom. The molecule has 19 heavy (non-hydrogen) atoms. The molecule has 5 nitrogen and oxygen atoms in total. The van der Waals surface area contributed by atoms with Gasteiger partial charge in [-0.05, 0) is 24.3 Å². The Morgan fingerprint density at radius 1 is 0.842 bits per heavy atom. The number of para-hydroxylation sites is 2. The molecule has 0 bridgehead atoms. The Morgan fingerprint density at radius 2 is 1.32 bits per heavy atom. The van der Waals surface area contributed by atoms with Crippen LogP contribution in [-0.4, -0.2) is 22.2 Å². The number of ether oxygens (including phenoxy) is 1. The van der Waals surface area contributed by atoms with Crippen LogP contribution in [0.25, 0.3) is 0 Å². The van der Waals surface area contributed by atoms with Crippen molar-refractivity contribution < 1.29 is 24.5 Å². The Hall–Kier alpha value is -2.82.